The number of hydrogen-bond acceptors (Lipinski definition) is 3. The van der Waals surface area contributed by atoms with Crippen LogP contribution in [0.4, 0.5) is 5.82 Å². The van der Waals surface area contributed by atoms with Crippen LogP contribution in [-0.2, 0) is 0 Å². The van der Waals surface area contributed by atoms with E-state index in [2.05, 4.69) is 43.6 Å². The van der Waals surface area contributed by atoms with E-state index >= 15 is 0 Å². The summed E-state index contributed by atoms with van der Waals surface area (Å²) in [6, 6.07) is 4.30. The highest BCUT2D eigenvalue weighted by atomic mass is 15.2. The highest BCUT2D eigenvalue weighted by Crippen LogP contribution is 2.24. The van der Waals surface area contributed by atoms with Crippen molar-refractivity contribution in [2.24, 2.45) is 0 Å². The Bertz CT molecular complexity index is 426. The summed E-state index contributed by atoms with van der Waals surface area (Å²) in [4.78, 5) is 6.79. The molecule has 3 heteroatoms. The second-order valence-corrected chi connectivity index (χ2v) is 4.50. The lowest BCUT2D eigenvalue weighted by atomic mass is 10.0. The molecule has 92 valence electrons. The van der Waals surface area contributed by atoms with Crippen LogP contribution in [0, 0.1) is 18.3 Å². The Hall–Kier alpha value is -1.56. The molecule has 3 nitrogen and oxygen atoms in total. The molecular weight excluding hydrogens is 210 g/mol. The van der Waals surface area contributed by atoms with Gasteiger partial charge in [-0.05, 0) is 38.3 Å². The molecule has 0 aliphatic carbocycles. The van der Waals surface area contributed by atoms with E-state index in [0.29, 0.717) is 11.5 Å². The predicted octanol–water partition coefficient (Wildman–Crippen LogP) is 3.23. The molecule has 0 amide bonds. The summed E-state index contributed by atoms with van der Waals surface area (Å²) in [6.45, 7) is 12.2. The summed E-state index contributed by atoms with van der Waals surface area (Å²) in [6.07, 6.45) is 0. The Kier molecular flexibility index (Phi) is 4.51. The molecule has 0 atom stereocenters. The van der Waals surface area contributed by atoms with Crippen LogP contribution in [0.15, 0.2) is 6.07 Å². The van der Waals surface area contributed by atoms with Crippen molar-refractivity contribution in [2.75, 3.05) is 18.0 Å². The fourth-order valence-corrected chi connectivity index (χ4v) is 1.87. The maximum Gasteiger partial charge on any atom is 0.147 e. The molecule has 1 aromatic heterocycles. The molecule has 0 saturated heterocycles. The van der Waals surface area contributed by atoms with Crippen molar-refractivity contribution < 1.29 is 0 Å². The average molecular weight is 231 g/mol. The first kappa shape index (κ1) is 13.5. The van der Waals surface area contributed by atoms with Gasteiger partial charge in [-0.25, -0.2) is 4.98 Å². The first-order valence-corrected chi connectivity index (χ1v) is 6.21. The van der Waals surface area contributed by atoms with Crippen molar-refractivity contribution in [1.29, 1.82) is 5.26 Å². The van der Waals surface area contributed by atoms with Gasteiger partial charge in [-0.2, -0.15) is 5.26 Å². The molecule has 0 saturated carbocycles. The maximum absolute atomic E-state index is 9.25. The minimum Gasteiger partial charge on any atom is -0.356 e. The van der Waals surface area contributed by atoms with E-state index in [9.17, 15) is 5.26 Å². The molecule has 1 aromatic rings. The molecule has 0 unspecified atom stereocenters. The first-order chi connectivity index (χ1) is 8.04. The zero-order valence-corrected chi connectivity index (χ0v) is 11.4. The minimum atomic E-state index is 0.385. The van der Waals surface area contributed by atoms with E-state index in [4.69, 9.17) is 0 Å². The number of aromatic nitrogens is 1. The molecule has 0 N–H and O–H groups in total. The monoisotopic (exact) mass is 231 g/mol. The Morgan fingerprint density at radius 2 is 1.94 bits per heavy atom. The lowest BCUT2D eigenvalue weighted by Crippen LogP contribution is -2.25. The number of anilines is 1. The van der Waals surface area contributed by atoms with Crippen molar-refractivity contribution in [3.05, 3.63) is 22.9 Å². The molecule has 0 bridgehead atoms. The predicted molar refractivity (Wildman–Crippen MR) is 71.3 cm³/mol. The molecular formula is C14H21N3. The average Bonchev–Trinajstić information content (AvgIpc) is 2.30. The quantitative estimate of drug-likeness (QED) is 0.798. The van der Waals surface area contributed by atoms with Gasteiger partial charge in [0.2, 0.25) is 0 Å². The van der Waals surface area contributed by atoms with Crippen molar-refractivity contribution >= 4 is 5.82 Å². The lowest BCUT2D eigenvalue weighted by Gasteiger charge is -2.23. The van der Waals surface area contributed by atoms with Crippen LogP contribution in [0.5, 0.6) is 0 Å². The van der Waals surface area contributed by atoms with Crippen molar-refractivity contribution in [1.82, 2.24) is 4.98 Å². The van der Waals surface area contributed by atoms with Gasteiger partial charge in [-0.3, -0.25) is 0 Å². The van der Waals surface area contributed by atoms with Crippen LogP contribution in [0.3, 0.4) is 0 Å². The van der Waals surface area contributed by atoms with Gasteiger partial charge >= 0.3 is 0 Å². The topological polar surface area (TPSA) is 39.9 Å². The largest absolute Gasteiger partial charge is 0.356 e. The van der Waals surface area contributed by atoms with Crippen molar-refractivity contribution in [3.8, 4) is 6.07 Å². The zero-order chi connectivity index (χ0) is 13.0. The fraction of sp³-hybridized carbons (Fsp3) is 0.571. The van der Waals surface area contributed by atoms with Gasteiger partial charge in [0.1, 0.15) is 11.9 Å². The third-order valence-corrected chi connectivity index (χ3v) is 2.98. The number of aryl methyl sites for hydroxylation is 1. The third-order valence-electron chi connectivity index (χ3n) is 2.98. The molecule has 17 heavy (non-hydrogen) atoms. The van der Waals surface area contributed by atoms with E-state index in [1.54, 1.807) is 0 Å². The van der Waals surface area contributed by atoms with Crippen molar-refractivity contribution in [2.45, 2.75) is 40.5 Å². The second-order valence-electron chi connectivity index (χ2n) is 4.50. The minimum absolute atomic E-state index is 0.385. The molecule has 1 heterocycles. The highest BCUT2D eigenvalue weighted by Gasteiger charge is 2.15. The second kappa shape index (κ2) is 5.67. The van der Waals surface area contributed by atoms with Gasteiger partial charge in [-0.15, -0.1) is 0 Å². The molecule has 0 aromatic carbocycles. The van der Waals surface area contributed by atoms with Crippen LogP contribution in [0.1, 0.15) is 50.4 Å². The standard InChI is InChI=1S/C14H21N3/c1-6-17(7-2)14-12(9-15)11(5)8-13(16-14)10(3)4/h8,10H,6-7H2,1-5H3. The first-order valence-electron chi connectivity index (χ1n) is 6.21. The summed E-state index contributed by atoms with van der Waals surface area (Å²) >= 11 is 0. The van der Waals surface area contributed by atoms with Crippen LogP contribution in [0.25, 0.3) is 0 Å². The smallest absolute Gasteiger partial charge is 0.147 e. The third kappa shape index (κ3) is 2.76. The van der Waals surface area contributed by atoms with E-state index in [0.717, 1.165) is 30.2 Å². The van der Waals surface area contributed by atoms with Crippen LogP contribution < -0.4 is 4.90 Å². The lowest BCUT2D eigenvalue weighted by molar-refractivity contribution is 0.789. The van der Waals surface area contributed by atoms with Crippen LogP contribution >= 0.6 is 0 Å². The molecule has 0 fully saturated rings. The summed E-state index contributed by atoms with van der Waals surface area (Å²) in [5, 5.41) is 9.25. The number of rotatable bonds is 4. The van der Waals surface area contributed by atoms with Gasteiger partial charge in [-0.1, -0.05) is 13.8 Å². The fourth-order valence-electron chi connectivity index (χ4n) is 1.87. The molecule has 0 radical (unpaired) electrons. The Morgan fingerprint density at radius 3 is 2.35 bits per heavy atom. The summed E-state index contributed by atoms with van der Waals surface area (Å²) in [5.74, 6) is 1.22. The van der Waals surface area contributed by atoms with Gasteiger partial charge in [0.15, 0.2) is 0 Å². The van der Waals surface area contributed by atoms with E-state index < -0.39 is 0 Å². The SMILES string of the molecule is CCN(CC)c1nc(C(C)C)cc(C)c1C#N. The van der Waals surface area contributed by atoms with Gasteiger partial charge in [0, 0.05) is 18.8 Å². The molecule has 0 spiro atoms. The highest BCUT2D eigenvalue weighted by molar-refractivity contribution is 5.58. The van der Waals surface area contributed by atoms with Crippen molar-refractivity contribution in [3.63, 3.8) is 0 Å². The maximum atomic E-state index is 9.25. The molecule has 1 rings (SSSR count). The Labute approximate surface area is 104 Å². The van der Waals surface area contributed by atoms with Gasteiger partial charge in [0.25, 0.3) is 0 Å². The summed E-state index contributed by atoms with van der Waals surface area (Å²) in [7, 11) is 0. The summed E-state index contributed by atoms with van der Waals surface area (Å²) < 4.78 is 0. The van der Waals surface area contributed by atoms with Gasteiger partial charge in [0.05, 0.1) is 5.56 Å². The zero-order valence-electron chi connectivity index (χ0n) is 11.4. The Balaban J connectivity index is 3.39. The number of hydrogen-bond donors (Lipinski definition) is 0. The molecule has 0 aliphatic rings. The number of pyridine rings is 1. The Morgan fingerprint density at radius 1 is 1.35 bits per heavy atom. The number of nitrogens with zero attached hydrogens (tertiary/aromatic N) is 3. The summed E-state index contributed by atoms with van der Waals surface area (Å²) in [5.41, 5.74) is 2.79. The van der Waals surface area contributed by atoms with Crippen LogP contribution in [-0.4, -0.2) is 18.1 Å². The molecule has 0 aliphatic heterocycles. The van der Waals surface area contributed by atoms with Gasteiger partial charge < -0.3 is 4.90 Å². The van der Waals surface area contributed by atoms with E-state index in [1.807, 2.05) is 13.0 Å². The van der Waals surface area contributed by atoms with E-state index in [-0.39, 0.29) is 0 Å². The van der Waals surface area contributed by atoms with E-state index in [1.165, 1.54) is 0 Å². The number of nitriles is 1. The normalized spacial score (nSPS) is 10.4. The van der Waals surface area contributed by atoms with Crippen LogP contribution in [0.2, 0.25) is 0 Å².